The van der Waals surface area contributed by atoms with Gasteiger partial charge in [-0.15, -0.1) is 0 Å². The lowest BCUT2D eigenvalue weighted by molar-refractivity contribution is -0.139. The van der Waals surface area contributed by atoms with Gasteiger partial charge in [0.25, 0.3) is 0 Å². The predicted octanol–water partition coefficient (Wildman–Crippen LogP) is 0.908. The highest BCUT2D eigenvalue weighted by Gasteiger charge is 2.26. The van der Waals surface area contributed by atoms with E-state index < -0.39 is 0 Å². The Morgan fingerprint density at radius 2 is 2.00 bits per heavy atom. The highest BCUT2D eigenvalue weighted by Crippen LogP contribution is 2.26. The minimum absolute atomic E-state index is 0.0601. The van der Waals surface area contributed by atoms with Crippen molar-refractivity contribution in [3.8, 4) is 5.75 Å². The van der Waals surface area contributed by atoms with Crippen LogP contribution in [0.3, 0.4) is 0 Å². The van der Waals surface area contributed by atoms with Gasteiger partial charge in [0, 0.05) is 13.1 Å². The fourth-order valence-corrected chi connectivity index (χ4v) is 3.67. The Morgan fingerprint density at radius 3 is 2.72 bits per heavy atom. The lowest BCUT2D eigenvalue weighted by Crippen LogP contribution is -2.53. The largest absolute Gasteiger partial charge is 0.496 e. The number of carbonyl (C=O) groups excluding carboxylic acids is 2. The molecular formula is C19H27N3O3. The van der Waals surface area contributed by atoms with Crippen molar-refractivity contribution in [3.63, 3.8) is 0 Å². The summed E-state index contributed by atoms with van der Waals surface area (Å²) in [6.07, 6.45) is 3.20. The maximum Gasteiger partial charge on any atom is 0.239 e. The van der Waals surface area contributed by atoms with Crippen molar-refractivity contribution >= 4 is 11.8 Å². The zero-order valence-electron chi connectivity index (χ0n) is 14.9. The first-order valence-corrected chi connectivity index (χ1v) is 9.04. The van der Waals surface area contributed by atoms with Gasteiger partial charge in [0.15, 0.2) is 0 Å². The molecule has 2 amide bonds. The number of amides is 2. The van der Waals surface area contributed by atoms with Crippen molar-refractivity contribution in [2.45, 2.75) is 19.3 Å². The van der Waals surface area contributed by atoms with Crippen LogP contribution in [0.25, 0.3) is 0 Å². The molecule has 25 heavy (non-hydrogen) atoms. The lowest BCUT2D eigenvalue weighted by Gasteiger charge is -2.34. The minimum Gasteiger partial charge on any atom is -0.496 e. The molecule has 2 saturated heterocycles. The molecule has 0 saturated carbocycles. The molecular weight excluding hydrogens is 318 g/mol. The number of nitrogens with one attached hydrogen (secondary N) is 1. The third kappa shape index (κ3) is 4.72. The van der Waals surface area contributed by atoms with E-state index in [9.17, 15) is 9.59 Å². The molecule has 0 bridgehead atoms. The number of carbonyl (C=O) groups is 2. The normalized spacial score (nSPS) is 19.6. The number of para-hydroxylation sites is 1. The van der Waals surface area contributed by atoms with Gasteiger partial charge in [-0.1, -0.05) is 18.2 Å². The van der Waals surface area contributed by atoms with Gasteiger partial charge in [-0.2, -0.15) is 0 Å². The third-order valence-corrected chi connectivity index (χ3v) is 5.16. The van der Waals surface area contributed by atoms with Gasteiger partial charge >= 0.3 is 0 Å². The summed E-state index contributed by atoms with van der Waals surface area (Å²) in [7, 11) is 1.72. The quantitative estimate of drug-likeness (QED) is 0.862. The minimum atomic E-state index is -0.0601. The van der Waals surface area contributed by atoms with Gasteiger partial charge < -0.3 is 15.0 Å². The summed E-state index contributed by atoms with van der Waals surface area (Å²) in [4.78, 5) is 27.6. The van der Waals surface area contributed by atoms with Gasteiger partial charge in [-0.3, -0.25) is 14.5 Å². The first kappa shape index (κ1) is 17.7. The van der Waals surface area contributed by atoms with E-state index in [-0.39, 0.29) is 18.4 Å². The molecule has 2 aliphatic heterocycles. The van der Waals surface area contributed by atoms with E-state index in [1.165, 1.54) is 5.56 Å². The van der Waals surface area contributed by atoms with Gasteiger partial charge in [0.05, 0.1) is 20.2 Å². The molecule has 0 atom stereocenters. The van der Waals surface area contributed by atoms with Crippen molar-refractivity contribution in [3.05, 3.63) is 29.8 Å². The Labute approximate surface area is 149 Å². The van der Waals surface area contributed by atoms with Gasteiger partial charge in [0.1, 0.15) is 5.75 Å². The molecule has 2 aliphatic rings. The molecule has 136 valence electrons. The van der Waals surface area contributed by atoms with E-state index in [1.807, 2.05) is 12.1 Å². The van der Waals surface area contributed by atoms with Crippen LogP contribution in [-0.2, 0) is 16.0 Å². The van der Waals surface area contributed by atoms with E-state index in [2.05, 4.69) is 22.3 Å². The van der Waals surface area contributed by atoms with Crippen molar-refractivity contribution in [2.75, 3.05) is 46.4 Å². The molecule has 1 N–H and O–H groups in total. The molecule has 2 fully saturated rings. The number of piperidine rings is 1. The van der Waals surface area contributed by atoms with Crippen LogP contribution in [0.4, 0.5) is 0 Å². The number of likely N-dealkylation sites (tertiary alicyclic amines) is 1. The van der Waals surface area contributed by atoms with Crippen molar-refractivity contribution in [1.29, 1.82) is 0 Å². The number of benzene rings is 1. The number of nitrogens with zero attached hydrogens (tertiary/aromatic N) is 2. The van der Waals surface area contributed by atoms with E-state index in [4.69, 9.17) is 4.74 Å². The summed E-state index contributed by atoms with van der Waals surface area (Å²) >= 11 is 0. The van der Waals surface area contributed by atoms with E-state index in [1.54, 1.807) is 12.0 Å². The number of rotatable bonds is 5. The first-order valence-electron chi connectivity index (χ1n) is 9.04. The fourth-order valence-electron chi connectivity index (χ4n) is 3.67. The molecule has 6 heteroatoms. The first-order chi connectivity index (χ1) is 12.2. The SMILES string of the molecule is COc1ccccc1CC1CCN(CC(=O)N2CCNC(=O)C2)CC1. The van der Waals surface area contributed by atoms with Crippen molar-refractivity contribution in [1.82, 2.24) is 15.1 Å². The Hall–Kier alpha value is -2.08. The van der Waals surface area contributed by atoms with Crippen LogP contribution >= 0.6 is 0 Å². The monoisotopic (exact) mass is 345 g/mol. The Bertz CT molecular complexity index is 612. The molecule has 1 aromatic carbocycles. The van der Waals surface area contributed by atoms with Crippen LogP contribution in [0.2, 0.25) is 0 Å². The van der Waals surface area contributed by atoms with Crippen LogP contribution in [-0.4, -0.2) is 68.0 Å². The van der Waals surface area contributed by atoms with Crippen LogP contribution in [0.1, 0.15) is 18.4 Å². The number of piperazine rings is 1. The number of hydrogen-bond acceptors (Lipinski definition) is 4. The van der Waals surface area contributed by atoms with E-state index in [0.717, 1.165) is 38.1 Å². The lowest BCUT2D eigenvalue weighted by atomic mass is 9.90. The van der Waals surface area contributed by atoms with E-state index in [0.29, 0.717) is 25.6 Å². The summed E-state index contributed by atoms with van der Waals surface area (Å²) < 4.78 is 5.44. The second-order valence-corrected chi connectivity index (χ2v) is 6.90. The average molecular weight is 345 g/mol. The number of ether oxygens (including phenoxy) is 1. The van der Waals surface area contributed by atoms with E-state index >= 15 is 0 Å². The summed E-state index contributed by atoms with van der Waals surface area (Å²) in [6, 6.07) is 8.20. The highest BCUT2D eigenvalue weighted by molar-refractivity contribution is 5.86. The fraction of sp³-hybridized carbons (Fsp3) is 0.579. The third-order valence-electron chi connectivity index (χ3n) is 5.16. The van der Waals surface area contributed by atoms with Gasteiger partial charge in [-0.05, 0) is 49.9 Å². The summed E-state index contributed by atoms with van der Waals surface area (Å²) in [5.41, 5.74) is 1.26. The molecule has 0 aliphatic carbocycles. The van der Waals surface area contributed by atoms with Crippen LogP contribution < -0.4 is 10.1 Å². The zero-order chi connectivity index (χ0) is 17.6. The smallest absolute Gasteiger partial charge is 0.239 e. The number of hydrogen-bond donors (Lipinski definition) is 1. The molecule has 6 nitrogen and oxygen atoms in total. The highest BCUT2D eigenvalue weighted by atomic mass is 16.5. The van der Waals surface area contributed by atoms with Crippen LogP contribution in [0.15, 0.2) is 24.3 Å². The van der Waals surface area contributed by atoms with Crippen LogP contribution in [0, 0.1) is 5.92 Å². The van der Waals surface area contributed by atoms with Crippen molar-refractivity contribution in [2.24, 2.45) is 5.92 Å². The van der Waals surface area contributed by atoms with Gasteiger partial charge in [0.2, 0.25) is 11.8 Å². The Morgan fingerprint density at radius 1 is 1.24 bits per heavy atom. The molecule has 0 radical (unpaired) electrons. The van der Waals surface area contributed by atoms with Crippen LogP contribution in [0.5, 0.6) is 5.75 Å². The van der Waals surface area contributed by atoms with Gasteiger partial charge in [-0.25, -0.2) is 0 Å². The average Bonchev–Trinajstić information content (AvgIpc) is 2.64. The maximum atomic E-state index is 12.4. The summed E-state index contributed by atoms with van der Waals surface area (Å²) in [5, 5.41) is 2.75. The molecule has 1 aromatic rings. The maximum absolute atomic E-state index is 12.4. The standard InChI is InChI=1S/C19H27N3O3/c1-25-17-5-3-2-4-16(17)12-15-6-9-21(10-7-15)14-19(24)22-11-8-20-18(23)13-22/h2-5,15H,6-14H2,1H3,(H,20,23). The predicted molar refractivity (Wildman–Crippen MR) is 95.5 cm³/mol. The Balaban J connectivity index is 1.45. The second kappa shape index (κ2) is 8.34. The molecule has 0 spiro atoms. The zero-order valence-corrected chi connectivity index (χ0v) is 14.9. The topological polar surface area (TPSA) is 61.9 Å². The molecule has 2 heterocycles. The van der Waals surface area contributed by atoms with Crippen molar-refractivity contribution < 1.29 is 14.3 Å². The molecule has 0 unspecified atom stereocenters. The number of methoxy groups -OCH3 is 1. The molecule has 3 rings (SSSR count). The summed E-state index contributed by atoms with van der Waals surface area (Å²) in [5.74, 6) is 1.60. The molecule has 0 aromatic heterocycles. The summed E-state index contributed by atoms with van der Waals surface area (Å²) in [6.45, 7) is 3.68. The Kier molecular flexibility index (Phi) is 5.91. The second-order valence-electron chi connectivity index (χ2n) is 6.90.